The van der Waals surface area contributed by atoms with Crippen molar-refractivity contribution in [1.82, 2.24) is 24.6 Å². The lowest BCUT2D eigenvalue weighted by Gasteiger charge is -2.44. The minimum Gasteiger partial charge on any atom is -0.314 e. The monoisotopic (exact) mass is 355 g/mol. The van der Waals surface area contributed by atoms with Crippen LogP contribution < -0.4 is 0 Å². The van der Waals surface area contributed by atoms with Crippen LogP contribution in [0.3, 0.4) is 0 Å². The smallest absolute Gasteiger partial charge is 0.153 e. The number of fused-ring (bicyclic) bond motifs is 1. The molecule has 7 nitrogen and oxygen atoms in total. The quantitative estimate of drug-likeness (QED) is 0.778. The zero-order valence-corrected chi connectivity index (χ0v) is 15.9. The minimum atomic E-state index is -2.96. The highest BCUT2D eigenvalue weighted by Gasteiger charge is 2.46. The van der Waals surface area contributed by atoms with E-state index in [0.717, 1.165) is 25.5 Å². The molecule has 8 heteroatoms. The maximum Gasteiger partial charge on any atom is 0.153 e. The van der Waals surface area contributed by atoms with E-state index in [9.17, 15) is 8.42 Å². The van der Waals surface area contributed by atoms with Crippen LogP contribution in [0.25, 0.3) is 0 Å². The van der Waals surface area contributed by atoms with Gasteiger partial charge < -0.3 is 4.57 Å². The minimum absolute atomic E-state index is 0.0693. The molecule has 0 spiro atoms. The van der Waals surface area contributed by atoms with E-state index >= 15 is 0 Å². The maximum atomic E-state index is 12.3. The van der Waals surface area contributed by atoms with Crippen LogP contribution in [-0.2, 0) is 16.4 Å². The van der Waals surface area contributed by atoms with Crippen LogP contribution in [0.15, 0.2) is 6.33 Å². The van der Waals surface area contributed by atoms with Gasteiger partial charge in [-0.2, -0.15) is 0 Å². The van der Waals surface area contributed by atoms with Gasteiger partial charge in [-0.25, -0.2) is 8.42 Å². The topological polar surface area (TPSA) is 71.3 Å². The van der Waals surface area contributed by atoms with Crippen LogP contribution in [-0.4, -0.2) is 76.2 Å². The molecule has 2 aliphatic heterocycles. The zero-order chi connectivity index (χ0) is 17.5. The summed E-state index contributed by atoms with van der Waals surface area (Å²) in [5, 5.41) is 8.29. The Morgan fingerprint density at radius 2 is 1.75 bits per heavy atom. The van der Waals surface area contributed by atoms with Crippen LogP contribution in [0.2, 0.25) is 0 Å². The van der Waals surface area contributed by atoms with Crippen molar-refractivity contribution < 1.29 is 8.42 Å². The number of piperazine rings is 1. The molecule has 0 bridgehead atoms. The van der Waals surface area contributed by atoms with Crippen LogP contribution in [0, 0.1) is 5.92 Å². The Kier molecular flexibility index (Phi) is 4.99. The Morgan fingerprint density at radius 3 is 2.38 bits per heavy atom. The third-order valence-electron chi connectivity index (χ3n) is 5.05. The molecule has 2 aliphatic rings. The van der Waals surface area contributed by atoms with E-state index < -0.39 is 9.84 Å². The first-order chi connectivity index (χ1) is 11.3. The summed E-state index contributed by atoms with van der Waals surface area (Å²) in [6.07, 6.45) is 1.76. The molecule has 0 aliphatic carbocycles. The highest BCUT2D eigenvalue weighted by Crippen LogP contribution is 2.28. The van der Waals surface area contributed by atoms with E-state index in [1.807, 2.05) is 0 Å². The van der Waals surface area contributed by atoms with E-state index in [1.54, 1.807) is 6.33 Å². The average molecular weight is 356 g/mol. The van der Waals surface area contributed by atoms with Crippen LogP contribution in [0.5, 0.6) is 0 Å². The summed E-state index contributed by atoms with van der Waals surface area (Å²) in [7, 11) is -2.96. The van der Waals surface area contributed by atoms with Gasteiger partial charge in [0, 0.05) is 37.8 Å². The molecule has 0 unspecified atom stereocenters. The lowest BCUT2D eigenvalue weighted by molar-refractivity contribution is 0.0315. The normalized spacial score (nSPS) is 27.9. The molecular formula is C16H29N5O2S. The summed E-state index contributed by atoms with van der Waals surface area (Å²) in [5.74, 6) is 2.02. The molecule has 0 radical (unpaired) electrons. The Balaban J connectivity index is 1.79. The Labute approximate surface area is 145 Å². The third kappa shape index (κ3) is 3.65. The number of aromatic nitrogens is 3. The molecule has 1 aromatic rings. The molecule has 24 heavy (non-hydrogen) atoms. The van der Waals surface area contributed by atoms with Gasteiger partial charge in [0.1, 0.15) is 12.2 Å². The first-order valence-corrected chi connectivity index (χ1v) is 10.7. The van der Waals surface area contributed by atoms with Gasteiger partial charge in [0.05, 0.1) is 18.1 Å². The summed E-state index contributed by atoms with van der Waals surface area (Å²) in [6.45, 7) is 12.0. The lowest BCUT2D eigenvalue weighted by Crippen LogP contribution is -2.59. The van der Waals surface area contributed by atoms with Gasteiger partial charge in [-0.3, -0.25) is 9.80 Å². The fourth-order valence-electron chi connectivity index (χ4n) is 3.98. The first-order valence-electron chi connectivity index (χ1n) is 8.83. The fourth-order valence-corrected chi connectivity index (χ4v) is 6.02. The summed E-state index contributed by atoms with van der Waals surface area (Å²) >= 11 is 0. The second-order valence-corrected chi connectivity index (χ2v) is 9.97. The van der Waals surface area contributed by atoms with E-state index in [-0.39, 0.29) is 23.6 Å². The average Bonchev–Trinajstić information content (AvgIpc) is 3.04. The number of hydrogen-bond donors (Lipinski definition) is 0. The Hall–Kier alpha value is -0.990. The number of nitrogens with zero attached hydrogens (tertiary/aromatic N) is 5. The largest absolute Gasteiger partial charge is 0.314 e. The number of rotatable bonds is 5. The van der Waals surface area contributed by atoms with Gasteiger partial charge in [-0.05, 0) is 19.8 Å². The van der Waals surface area contributed by atoms with E-state index in [1.165, 1.54) is 0 Å². The Morgan fingerprint density at radius 1 is 1.12 bits per heavy atom. The molecule has 3 heterocycles. The van der Waals surface area contributed by atoms with E-state index in [4.69, 9.17) is 0 Å². The number of hydrogen-bond acceptors (Lipinski definition) is 6. The fraction of sp³-hybridized carbons (Fsp3) is 0.875. The van der Waals surface area contributed by atoms with E-state index in [0.29, 0.717) is 18.5 Å². The van der Waals surface area contributed by atoms with Crippen molar-refractivity contribution in [2.75, 3.05) is 31.1 Å². The molecule has 2 fully saturated rings. The van der Waals surface area contributed by atoms with Crippen molar-refractivity contribution in [3.05, 3.63) is 12.2 Å². The highest BCUT2D eigenvalue weighted by molar-refractivity contribution is 7.91. The molecule has 136 valence electrons. The van der Waals surface area contributed by atoms with E-state index in [2.05, 4.69) is 52.3 Å². The second-order valence-electron chi connectivity index (χ2n) is 7.82. The summed E-state index contributed by atoms with van der Waals surface area (Å²) in [5.41, 5.74) is 0. The van der Waals surface area contributed by atoms with Gasteiger partial charge >= 0.3 is 0 Å². The lowest BCUT2D eigenvalue weighted by atomic mass is 10.0. The molecule has 2 saturated heterocycles. The molecule has 0 N–H and O–H groups in total. The summed E-state index contributed by atoms with van der Waals surface area (Å²) in [6, 6.07) is 0.488. The van der Waals surface area contributed by atoms with Gasteiger partial charge in [-0.1, -0.05) is 13.8 Å². The van der Waals surface area contributed by atoms with Crippen molar-refractivity contribution in [2.24, 2.45) is 5.92 Å². The SMILES string of the molecule is CC(C)CN1CCN(Cc2nncn2C(C)C)[C@H]2CS(=O)(=O)C[C@H]21. The molecule has 0 saturated carbocycles. The van der Waals surface area contributed by atoms with Crippen LogP contribution >= 0.6 is 0 Å². The predicted octanol–water partition coefficient (Wildman–Crippen LogP) is 0.798. The van der Waals surface area contributed by atoms with Crippen molar-refractivity contribution >= 4 is 9.84 Å². The van der Waals surface area contributed by atoms with Gasteiger partial charge in [0.15, 0.2) is 9.84 Å². The third-order valence-corrected chi connectivity index (χ3v) is 6.75. The van der Waals surface area contributed by atoms with Crippen molar-refractivity contribution in [3.63, 3.8) is 0 Å². The van der Waals surface area contributed by atoms with Crippen molar-refractivity contribution in [1.29, 1.82) is 0 Å². The highest BCUT2D eigenvalue weighted by atomic mass is 32.2. The van der Waals surface area contributed by atoms with Crippen LogP contribution in [0.4, 0.5) is 0 Å². The van der Waals surface area contributed by atoms with Crippen molar-refractivity contribution in [3.8, 4) is 0 Å². The standard InChI is InChI=1S/C16H29N5O2S/c1-12(2)7-19-5-6-20(15-10-24(22,23)9-14(15)19)8-16-18-17-11-21(16)13(3)4/h11-15H,5-10H2,1-4H3/t14-,15+/m1/s1. The van der Waals surface area contributed by atoms with Crippen molar-refractivity contribution in [2.45, 2.75) is 52.4 Å². The molecule has 3 rings (SSSR count). The van der Waals surface area contributed by atoms with Gasteiger partial charge in [0.2, 0.25) is 0 Å². The summed E-state index contributed by atoms with van der Waals surface area (Å²) < 4.78 is 26.6. The molecule has 1 aromatic heterocycles. The maximum absolute atomic E-state index is 12.3. The molecule has 0 amide bonds. The Bertz CT molecular complexity index is 670. The van der Waals surface area contributed by atoms with Gasteiger partial charge in [-0.15, -0.1) is 10.2 Å². The molecule has 2 atom stereocenters. The first kappa shape index (κ1) is 17.8. The second kappa shape index (κ2) is 6.72. The van der Waals surface area contributed by atoms with Gasteiger partial charge in [0.25, 0.3) is 0 Å². The number of sulfone groups is 1. The van der Waals surface area contributed by atoms with Crippen LogP contribution in [0.1, 0.15) is 39.6 Å². The predicted molar refractivity (Wildman–Crippen MR) is 93.5 cm³/mol. The summed E-state index contributed by atoms with van der Waals surface area (Å²) in [4.78, 5) is 4.68. The molecular weight excluding hydrogens is 326 g/mol. The molecule has 0 aromatic carbocycles. The zero-order valence-electron chi connectivity index (χ0n) is 15.1.